The van der Waals surface area contributed by atoms with E-state index in [2.05, 4.69) is 10.1 Å². The molecule has 0 aliphatic carbocycles. The molecule has 1 amide bonds. The maximum Gasteiger partial charge on any atom is 0.350 e. The van der Waals surface area contributed by atoms with E-state index in [1.807, 2.05) is 0 Å². The van der Waals surface area contributed by atoms with Crippen molar-refractivity contribution >= 4 is 51.3 Å². The van der Waals surface area contributed by atoms with Gasteiger partial charge in [0.25, 0.3) is 5.91 Å². The summed E-state index contributed by atoms with van der Waals surface area (Å²) in [5, 5.41) is 23.7. The lowest BCUT2D eigenvalue weighted by atomic mass is 10.2. The lowest BCUT2D eigenvalue weighted by Gasteiger charge is -2.04. The van der Waals surface area contributed by atoms with Crippen LogP contribution in [0.4, 0.5) is 10.7 Å². The molecule has 0 fully saturated rings. The molecule has 0 saturated heterocycles. The van der Waals surface area contributed by atoms with Gasteiger partial charge in [0, 0.05) is 10.9 Å². The molecule has 24 heavy (non-hydrogen) atoms. The number of nitrogens with one attached hydrogen (secondary N) is 1. The van der Waals surface area contributed by atoms with E-state index in [4.69, 9.17) is 5.26 Å². The Balaban J connectivity index is 2.22. The predicted octanol–water partition coefficient (Wildman–Crippen LogP) is 3.05. The molecule has 2 aromatic rings. The third kappa shape index (κ3) is 3.83. The van der Waals surface area contributed by atoms with Crippen molar-refractivity contribution in [1.29, 1.82) is 5.26 Å². The number of amides is 1. The summed E-state index contributed by atoms with van der Waals surface area (Å²) in [5.74, 6) is -1.33. The van der Waals surface area contributed by atoms with Crippen LogP contribution in [-0.4, -0.2) is 23.9 Å². The summed E-state index contributed by atoms with van der Waals surface area (Å²) >= 11 is 1.93. The first-order valence-corrected chi connectivity index (χ1v) is 7.99. The largest absolute Gasteiger partial charge is 0.465 e. The highest BCUT2D eigenvalue weighted by molar-refractivity contribution is 7.16. The van der Waals surface area contributed by atoms with Gasteiger partial charge in [-0.2, -0.15) is 5.26 Å². The minimum Gasteiger partial charge on any atom is -0.465 e. The lowest BCUT2D eigenvalue weighted by Crippen LogP contribution is -2.15. The number of nitrogens with zero attached hydrogens (tertiary/aromatic N) is 2. The second-order valence-electron chi connectivity index (χ2n) is 4.21. The Morgan fingerprint density at radius 1 is 1.42 bits per heavy atom. The first-order valence-electron chi connectivity index (χ1n) is 6.29. The predicted molar refractivity (Wildman–Crippen MR) is 88.9 cm³/mol. The van der Waals surface area contributed by atoms with Crippen molar-refractivity contribution in [2.45, 2.75) is 0 Å². The van der Waals surface area contributed by atoms with Gasteiger partial charge in [-0.15, -0.1) is 11.3 Å². The Morgan fingerprint density at radius 3 is 2.75 bits per heavy atom. The molecule has 0 spiro atoms. The van der Waals surface area contributed by atoms with Gasteiger partial charge >= 0.3 is 11.0 Å². The number of ether oxygens (including phenoxy) is 1. The van der Waals surface area contributed by atoms with Crippen LogP contribution in [0.3, 0.4) is 0 Å². The van der Waals surface area contributed by atoms with E-state index in [1.54, 1.807) is 11.4 Å². The highest BCUT2D eigenvalue weighted by Gasteiger charge is 2.18. The average molecular weight is 363 g/mol. The first-order chi connectivity index (χ1) is 11.5. The number of nitriles is 1. The quantitative estimate of drug-likeness (QED) is 0.286. The molecule has 2 rings (SSSR count). The van der Waals surface area contributed by atoms with E-state index >= 15 is 0 Å². The number of anilines is 1. The van der Waals surface area contributed by atoms with Gasteiger partial charge in [0.2, 0.25) is 0 Å². The summed E-state index contributed by atoms with van der Waals surface area (Å²) in [7, 11) is 1.22. The fraction of sp³-hybridized carbons (Fsp3) is 0.0714. The molecule has 0 aliphatic heterocycles. The Bertz CT molecular complexity index is 875. The second-order valence-corrected chi connectivity index (χ2v) is 6.22. The third-order valence-electron chi connectivity index (χ3n) is 2.73. The van der Waals surface area contributed by atoms with Gasteiger partial charge in [-0.3, -0.25) is 14.9 Å². The normalized spacial score (nSPS) is 10.8. The number of carbonyl (C=O) groups is 2. The number of esters is 1. The lowest BCUT2D eigenvalue weighted by molar-refractivity contribution is -0.380. The molecule has 0 radical (unpaired) electrons. The highest BCUT2D eigenvalue weighted by Crippen LogP contribution is 2.27. The maximum absolute atomic E-state index is 12.2. The van der Waals surface area contributed by atoms with Crippen LogP contribution >= 0.6 is 22.7 Å². The zero-order chi connectivity index (χ0) is 17.7. The summed E-state index contributed by atoms with van der Waals surface area (Å²) in [6.45, 7) is 0. The van der Waals surface area contributed by atoms with Gasteiger partial charge in [-0.25, -0.2) is 4.79 Å². The van der Waals surface area contributed by atoms with Crippen molar-refractivity contribution < 1.29 is 19.2 Å². The van der Waals surface area contributed by atoms with Crippen molar-refractivity contribution in [3.8, 4) is 6.07 Å². The van der Waals surface area contributed by atoms with Crippen molar-refractivity contribution in [2.24, 2.45) is 0 Å². The third-order valence-corrected chi connectivity index (χ3v) is 4.61. The molecular formula is C14H9N3O5S2. The van der Waals surface area contributed by atoms with E-state index in [0.717, 1.165) is 22.7 Å². The monoisotopic (exact) mass is 363 g/mol. The van der Waals surface area contributed by atoms with Crippen LogP contribution in [0.2, 0.25) is 0 Å². The molecule has 2 heterocycles. The Labute approximate surface area is 143 Å². The van der Waals surface area contributed by atoms with E-state index in [0.29, 0.717) is 4.88 Å². The molecule has 122 valence electrons. The fourth-order valence-corrected chi connectivity index (χ4v) is 3.19. The minimum atomic E-state index is -0.725. The second kappa shape index (κ2) is 7.49. The first kappa shape index (κ1) is 17.3. The van der Waals surface area contributed by atoms with Crippen LogP contribution in [0, 0.1) is 21.4 Å². The summed E-state index contributed by atoms with van der Waals surface area (Å²) in [6.07, 6.45) is 1.25. The van der Waals surface area contributed by atoms with Crippen molar-refractivity contribution in [2.75, 3.05) is 12.4 Å². The van der Waals surface area contributed by atoms with E-state index < -0.39 is 16.8 Å². The topological polar surface area (TPSA) is 122 Å². The number of carbonyl (C=O) groups excluding carboxylic acids is 2. The number of methoxy groups -OCH3 is 1. The van der Waals surface area contributed by atoms with Gasteiger partial charge in [-0.05, 0) is 23.6 Å². The molecule has 10 heteroatoms. The van der Waals surface area contributed by atoms with Crippen LogP contribution in [0.5, 0.6) is 0 Å². The van der Waals surface area contributed by atoms with Crippen LogP contribution in [0.25, 0.3) is 6.08 Å². The van der Waals surface area contributed by atoms with Crippen LogP contribution < -0.4 is 5.32 Å². The molecule has 0 atom stereocenters. The number of hydrogen-bond acceptors (Lipinski definition) is 8. The molecule has 0 aliphatic rings. The molecule has 0 saturated carbocycles. The van der Waals surface area contributed by atoms with E-state index in [9.17, 15) is 19.7 Å². The van der Waals surface area contributed by atoms with Crippen molar-refractivity contribution in [1.82, 2.24) is 0 Å². The zero-order valence-corrected chi connectivity index (χ0v) is 13.8. The fourth-order valence-electron chi connectivity index (χ4n) is 1.66. The smallest absolute Gasteiger partial charge is 0.350 e. The molecule has 0 aromatic carbocycles. The number of hydrogen-bond donors (Lipinski definition) is 1. The molecular weight excluding hydrogens is 354 g/mol. The van der Waals surface area contributed by atoms with E-state index in [-0.39, 0.29) is 21.1 Å². The van der Waals surface area contributed by atoms with Gasteiger partial charge in [-0.1, -0.05) is 11.3 Å². The molecule has 0 bridgehead atoms. The van der Waals surface area contributed by atoms with Crippen LogP contribution in [0.15, 0.2) is 29.2 Å². The Kier molecular flexibility index (Phi) is 5.41. The summed E-state index contributed by atoms with van der Waals surface area (Å²) < 4.78 is 4.60. The Hall–Kier alpha value is -3.03. The van der Waals surface area contributed by atoms with Gasteiger partial charge in [0.05, 0.1) is 17.7 Å². The van der Waals surface area contributed by atoms with Crippen LogP contribution in [0.1, 0.15) is 14.5 Å². The van der Waals surface area contributed by atoms with Crippen LogP contribution in [-0.2, 0) is 9.53 Å². The van der Waals surface area contributed by atoms with Gasteiger partial charge < -0.3 is 10.1 Å². The number of rotatable bonds is 5. The zero-order valence-electron chi connectivity index (χ0n) is 12.1. The molecule has 8 nitrogen and oxygen atoms in total. The summed E-state index contributed by atoms with van der Waals surface area (Å²) in [5.41, 5.74) is -0.0103. The van der Waals surface area contributed by atoms with Crippen molar-refractivity contribution in [3.05, 3.63) is 49.0 Å². The SMILES string of the molecule is COC(=O)c1sccc1NC(=O)/C(C#N)=C/c1ccc([N+](=O)[O-])s1. The van der Waals surface area contributed by atoms with E-state index in [1.165, 1.54) is 31.4 Å². The van der Waals surface area contributed by atoms with Crippen molar-refractivity contribution in [3.63, 3.8) is 0 Å². The summed E-state index contributed by atoms with van der Waals surface area (Å²) in [4.78, 5) is 34.4. The average Bonchev–Trinajstić information content (AvgIpc) is 3.20. The number of thiophene rings is 2. The minimum absolute atomic E-state index is 0.0928. The molecule has 0 unspecified atom stereocenters. The molecule has 2 aromatic heterocycles. The summed E-state index contributed by atoms with van der Waals surface area (Å²) in [6, 6.07) is 5.98. The van der Waals surface area contributed by atoms with Gasteiger partial charge in [0.15, 0.2) is 0 Å². The standard InChI is InChI=1S/C14H9N3O5S2/c1-22-14(19)12-10(4-5-23-12)16-13(18)8(7-15)6-9-2-3-11(24-9)17(20)21/h2-6H,1H3,(H,16,18)/b8-6+. The molecule has 1 N–H and O–H groups in total. The number of nitro groups is 1. The maximum atomic E-state index is 12.2. The highest BCUT2D eigenvalue weighted by atomic mass is 32.1. The van der Waals surface area contributed by atoms with Gasteiger partial charge in [0.1, 0.15) is 16.5 Å². The Morgan fingerprint density at radius 2 is 2.17 bits per heavy atom.